The van der Waals surface area contributed by atoms with Crippen LogP contribution in [0.4, 0.5) is 5.69 Å². The molecule has 0 spiro atoms. The second kappa shape index (κ2) is 5.54. The summed E-state index contributed by atoms with van der Waals surface area (Å²) < 4.78 is 0. The van der Waals surface area contributed by atoms with E-state index >= 15 is 0 Å². The summed E-state index contributed by atoms with van der Waals surface area (Å²) >= 11 is 0. The lowest BCUT2D eigenvalue weighted by Gasteiger charge is -2.39. The van der Waals surface area contributed by atoms with Crippen LogP contribution in [0.3, 0.4) is 0 Å². The summed E-state index contributed by atoms with van der Waals surface area (Å²) in [5.41, 5.74) is 2.81. The SMILES string of the molecule is CC1CCCN(c2ccc(CNC3CC3)cc2)C1C. The molecule has 2 atom stereocenters. The van der Waals surface area contributed by atoms with Gasteiger partial charge in [-0.2, -0.15) is 0 Å². The van der Waals surface area contributed by atoms with Crippen LogP contribution in [0, 0.1) is 5.92 Å². The Labute approximate surface area is 117 Å². The minimum atomic E-state index is 0.671. The van der Waals surface area contributed by atoms with E-state index in [0.29, 0.717) is 6.04 Å². The summed E-state index contributed by atoms with van der Waals surface area (Å²) in [6, 6.07) is 10.6. The third-order valence-corrected chi connectivity index (χ3v) is 4.81. The summed E-state index contributed by atoms with van der Waals surface area (Å²) in [7, 11) is 0. The molecule has 3 rings (SSSR count). The molecule has 1 saturated carbocycles. The largest absolute Gasteiger partial charge is 0.369 e. The van der Waals surface area contributed by atoms with E-state index in [4.69, 9.17) is 0 Å². The van der Waals surface area contributed by atoms with Gasteiger partial charge < -0.3 is 10.2 Å². The van der Waals surface area contributed by atoms with Crippen LogP contribution >= 0.6 is 0 Å². The molecule has 1 heterocycles. The normalized spacial score (nSPS) is 27.6. The Kier molecular flexibility index (Phi) is 3.79. The summed E-state index contributed by atoms with van der Waals surface area (Å²) in [5.74, 6) is 0.810. The van der Waals surface area contributed by atoms with Crippen molar-refractivity contribution in [2.24, 2.45) is 5.92 Å². The molecular weight excluding hydrogens is 232 g/mol. The van der Waals surface area contributed by atoms with Gasteiger partial charge in [0, 0.05) is 30.9 Å². The van der Waals surface area contributed by atoms with Crippen LogP contribution in [0.2, 0.25) is 0 Å². The van der Waals surface area contributed by atoms with Crippen molar-refractivity contribution in [1.29, 1.82) is 0 Å². The molecule has 1 aromatic rings. The van der Waals surface area contributed by atoms with Crippen molar-refractivity contribution in [2.75, 3.05) is 11.4 Å². The first-order chi connectivity index (χ1) is 9.24. The zero-order chi connectivity index (χ0) is 13.2. The number of hydrogen-bond acceptors (Lipinski definition) is 2. The van der Waals surface area contributed by atoms with Gasteiger partial charge in [-0.1, -0.05) is 19.1 Å². The van der Waals surface area contributed by atoms with E-state index in [1.165, 1.54) is 43.5 Å². The number of hydrogen-bond donors (Lipinski definition) is 1. The van der Waals surface area contributed by atoms with Crippen molar-refractivity contribution in [1.82, 2.24) is 5.32 Å². The van der Waals surface area contributed by atoms with E-state index in [2.05, 4.69) is 48.3 Å². The van der Waals surface area contributed by atoms with Gasteiger partial charge in [-0.3, -0.25) is 0 Å². The fourth-order valence-electron chi connectivity index (χ4n) is 3.05. The number of benzene rings is 1. The highest BCUT2D eigenvalue weighted by Crippen LogP contribution is 2.28. The van der Waals surface area contributed by atoms with Gasteiger partial charge >= 0.3 is 0 Å². The predicted molar refractivity (Wildman–Crippen MR) is 81.5 cm³/mol. The van der Waals surface area contributed by atoms with Crippen molar-refractivity contribution in [3.8, 4) is 0 Å². The molecule has 1 aromatic carbocycles. The van der Waals surface area contributed by atoms with Crippen LogP contribution in [0.25, 0.3) is 0 Å². The first-order valence-electron chi connectivity index (χ1n) is 7.83. The van der Waals surface area contributed by atoms with Crippen LogP contribution in [-0.2, 0) is 6.54 Å². The summed E-state index contributed by atoms with van der Waals surface area (Å²) in [6.45, 7) is 6.99. The Morgan fingerprint density at radius 2 is 1.84 bits per heavy atom. The van der Waals surface area contributed by atoms with Crippen molar-refractivity contribution in [3.05, 3.63) is 29.8 Å². The second-order valence-electron chi connectivity index (χ2n) is 6.38. The Bertz CT molecular complexity index is 408. The minimum absolute atomic E-state index is 0.671. The number of piperidine rings is 1. The van der Waals surface area contributed by atoms with Crippen LogP contribution in [0.15, 0.2) is 24.3 Å². The van der Waals surface area contributed by atoms with E-state index in [-0.39, 0.29) is 0 Å². The van der Waals surface area contributed by atoms with Crippen molar-refractivity contribution in [3.63, 3.8) is 0 Å². The van der Waals surface area contributed by atoms with Gasteiger partial charge in [0.2, 0.25) is 0 Å². The quantitative estimate of drug-likeness (QED) is 0.888. The average molecular weight is 258 g/mol. The van der Waals surface area contributed by atoms with E-state index in [9.17, 15) is 0 Å². The van der Waals surface area contributed by atoms with E-state index in [1.54, 1.807) is 0 Å². The molecule has 1 saturated heterocycles. The first kappa shape index (κ1) is 13.0. The van der Waals surface area contributed by atoms with Gasteiger partial charge in [0.15, 0.2) is 0 Å². The van der Waals surface area contributed by atoms with Gasteiger partial charge in [0.25, 0.3) is 0 Å². The molecule has 1 N–H and O–H groups in total. The van der Waals surface area contributed by atoms with Crippen molar-refractivity contribution < 1.29 is 0 Å². The molecule has 0 bridgehead atoms. The molecule has 104 valence electrons. The molecule has 2 nitrogen and oxygen atoms in total. The third-order valence-electron chi connectivity index (χ3n) is 4.81. The van der Waals surface area contributed by atoms with Gasteiger partial charge in [0.05, 0.1) is 0 Å². The average Bonchev–Trinajstić information content (AvgIpc) is 3.25. The smallest absolute Gasteiger partial charge is 0.0368 e. The summed E-state index contributed by atoms with van der Waals surface area (Å²) in [4.78, 5) is 2.58. The summed E-state index contributed by atoms with van der Waals surface area (Å²) in [5, 5.41) is 3.57. The number of rotatable bonds is 4. The van der Waals surface area contributed by atoms with E-state index in [0.717, 1.165) is 18.5 Å². The highest BCUT2D eigenvalue weighted by atomic mass is 15.2. The fourth-order valence-corrected chi connectivity index (χ4v) is 3.05. The lowest BCUT2D eigenvalue weighted by atomic mass is 9.91. The first-order valence-corrected chi connectivity index (χ1v) is 7.83. The van der Waals surface area contributed by atoms with Crippen LogP contribution in [0.1, 0.15) is 45.1 Å². The monoisotopic (exact) mass is 258 g/mol. The van der Waals surface area contributed by atoms with Crippen molar-refractivity contribution >= 4 is 5.69 Å². The van der Waals surface area contributed by atoms with Gasteiger partial charge in [-0.05, 0) is 56.2 Å². The second-order valence-corrected chi connectivity index (χ2v) is 6.38. The van der Waals surface area contributed by atoms with Crippen LogP contribution in [0.5, 0.6) is 0 Å². The standard InChI is InChI=1S/C17H26N2/c1-13-4-3-11-19(14(13)2)17-9-5-15(6-10-17)12-18-16-7-8-16/h5-6,9-10,13-14,16,18H,3-4,7-8,11-12H2,1-2H3. The number of nitrogens with zero attached hydrogens (tertiary/aromatic N) is 1. The minimum Gasteiger partial charge on any atom is -0.369 e. The fraction of sp³-hybridized carbons (Fsp3) is 0.647. The molecule has 0 amide bonds. The molecule has 2 aliphatic rings. The zero-order valence-electron chi connectivity index (χ0n) is 12.2. The molecule has 0 radical (unpaired) electrons. The maximum Gasteiger partial charge on any atom is 0.0368 e. The zero-order valence-corrected chi connectivity index (χ0v) is 12.2. The third kappa shape index (κ3) is 3.11. The molecule has 1 aliphatic carbocycles. The van der Waals surface area contributed by atoms with E-state index < -0.39 is 0 Å². The van der Waals surface area contributed by atoms with Crippen molar-refractivity contribution in [2.45, 2.75) is 58.2 Å². The lowest BCUT2D eigenvalue weighted by Crippen LogP contribution is -2.42. The maximum absolute atomic E-state index is 3.57. The molecular formula is C17H26N2. The number of anilines is 1. The molecule has 19 heavy (non-hydrogen) atoms. The Hall–Kier alpha value is -1.02. The van der Waals surface area contributed by atoms with Gasteiger partial charge in [-0.25, -0.2) is 0 Å². The molecule has 2 heteroatoms. The topological polar surface area (TPSA) is 15.3 Å². The lowest BCUT2D eigenvalue weighted by molar-refractivity contribution is 0.363. The highest BCUT2D eigenvalue weighted by Gasteiger charge is 2.24. The van der Waals surface area contributed by atoms with E-state index in [1.807, 2.05) is 0 Å². The Morgan fingerprint density at radius 3 is 2.53 bits per heavy atom. The van der Waals surface area contributed by atoms with Gasteiger partial charge in [0.1, 0.15) is 0 Å². The summed E-state index contributed by atoms with van der Waals surface area (Å²) in [6.07, 6.45) is 5.43. The van der Waals surface area contributed by atoms with Crippen LogP contribution in [-0.4, -0.2) is 18.6 Å². The molecule has 2 unspecified atom stereocenters. The number of nitrogens with one attached hydrogen (secondary N) is 1. The van der Waals surface area contributed by atoms with Crippen LogP contribution < -0.4 is 10.2 Å². The molecule has 1 aliphatic heterocycles. The maximum atomic E-state index is 3.57. The van der Waals surface area contributed by atoms with Gasteiger partial charge in [-0.15, -0.1) is 0 Å². The Balaban J connectivity index is 1.63. The molecule has 0 aromatic heterocycles. The molecule has 2 fully saturated rings. The Morgan fingerprint density at radius 1 is 1.11 bits per heavy atom. The highest BCUT2D eigenvalue weighted by molar-refractivity contribution is 5.49. The predicted octanol–water partition coefficient (Wildman–Crippen LogP) is 3.56.